The quantitative estimate of drug-likeness (QED) is 0.541. The number of rotatable bonds is 3. The number of aliphatic hydroxyl groups excluding tert-OH is 1. The Kier molecular flexibility index (Phi) is 5.08. The first kappa shape index (κ1) is 13.8. The van der Waals surface area contributed by atoms with Gasteiger partial charge in [0.05, 0.1) is 12.1 Å². The number of carbonyl (C=O) groups is 1. The summed E-state index contributed by atoms with van der Waals surface area (Å²) in [5.74, 6) is 0.0397. The maximum atomic E-state index is 11.7. The van der Waals surface area contributed by atoms with Gasteiger partial charge in [-0.05, 0) is 25.2 Å². The van der Waals surface area contributed by atoms with Crippen LogP contribution < -0.4 is 11.1 Å². The molecule has 5 heteroatoms. The van der Waals surface area contributed by atoms with Gasteiger partial charge in [-0.1, -0.05) is 13.8 Å². The fourth-order valence-corrected chi connectivity index (χ4v) is 2.27. The maximum Gasteiger partial charge on any atom is 0.237 e. The fourth-order valence-electron chi connectivity index (χ4n) is 1.86. The van der Waals surface area contributed by atoms with Gasteiger partial charge in [0.15, 0.2) is 0 Å². The summed E-state index contributed by atoms with van der Waals surface area (Å²) in [6, 6.07) is -0.353. The van der Waals surface area contributed by atoms with Gasteiger partial charge < -0.3 is 16.2 Å². The molecule has 0 saturated heterocycles. The van der Waals surface area contributed by atoms with E-state index in [4.69, 9.17) is 5.73 Å². The Labute approximate surface area is 102 Å². The summed E-state index contributed by atoms with van der Waals surface area (Å²) in [4.78, 5) is 11.7. The van der Waals surface area contributed by atoms with E-state index in [1.165, 1.54) is 0 Å². The van der Waals surface area contributed by atoms with E-state index < -0.39 is 6.04 Å². The number of aliphatic hydroxyl groups is 1. The van der Waals surface area contributed by atoms with Crippen molar-refractivity contribution in [3.05, 3.63) is 0 Å². The van der Waals surface area contributed by atoms with Crippen LogP contribution in [0.1, 0.15) is 33.1 Å². The second-order valence-electron chi connectivity index (χ2n) is 4.92. The first-order chi connectivity index (χ1) is 7.41. The monoisotopic (exact) mass is 246 g/mol. The molecule has 0 aliphatic heterocycles. The van der Waals surface area contributed by atoms with Crippen molar-refractivity contribution in [1.82, 2.24) is 5.32 Å². The van der Waals surface area contributed by atoms with Crippen LogP contribution in [-0.4, -0.2) is 34.5 Å². The zero-order valence-electron chi connectivity index (χ0n) is 9.89. The average molecular weight is 246 g/mol. The Balaban J connectivity index is 2.40. The average Bonchev–Trinajstić information content (AvgIpc) is 2.22. The SMILES string of the molecule is CC(C)[C@@H](N)C(=O)N[C@H]1CC[C@H](O)[C@@H](S)C1. The molecule has 0 unspecified atom stereocenters. The maximum absolute atomic E-state index is 11.7. The Hall–Kier alpha value is -0.260. The van der Waals surface area contributed by atoms with Gasteiger partial charge in [0.1, 0.15) is 0 Å². The molecule has 1 fully saturated rings. The number of hydrogen-bond acceptors (Lipinski definition) is 4. The minimum Gasteiger partial charge on any atom is -0.392 e. The normalized spacial score (nSPS) is 32.5. The third-order valence-electron chi connectivity index (χ3n) is 3.15. The number of hydrogen-bond donors (Lipinski definition) is 4. The van der Waals surface area contributed by atoms with Crippen LogP contribution in [0.3, 0.4) is 0 Å². The summed E-state index contributed by atoms with van der Waals surface area (Å²) >= 11 is 4.30. The summed E-state index contributed by atoms with van der Waals surface area (Å²) in [5, 5.41) is 12.4. The van der Waals surface area contributed by atoms with E-state index in [1.807, 2.05) is 13.8 Å². The Morgan fingerprint density at radius 3 is 2.62 bits per heavy atom. The molecule has 16 heavy (non-hydrogen) atoms. The van der Waals surface area contributed by atoms with Crippen molar-refractivity contribution in [2.75, 3.05) is 0 Å². The molecule has 1 saturated carbocycles. The van der Waals surface area contributed by atoms with Gasteiger partial charge in [-0.25, -0.2) is 0 Å². The molecular weight excluding hydrogens is 224 g/mol. The molecule has 0 bridgehead atoms. The van der Waals surface area contributed by atoms with E-state index in [0.29, 0.717) is 12.8 Å². The Morgan fingerprint density at radius 1 is 1.50 bits per heavy atom. The number of thiol groups is 1. The third kappa shape index (κ3) is 3.64. The van der Waals surface area contributed by atoms with Crippen molar-refractivity contribution in [3.8, 4) is 0 Å². The van der Waals surface area contributed by atoms with E-state index in [-0.39, 0.29) is 29.2 Å². The molecule has 1 aliphatic rings. The van der Waals surface area contributed by atoms with Crippen LogP contribution in [0.2, 0.25) is 0 Å². The van der Waals surface area contributed by atoms with E-state index in [9.17, 15) is 9.90 Å². The lowest BCUT2D eigenvalue weighted by atomic mass is 9.92. The van der Waals surface area contributed by atoms with Crippen LogP contribution >= 0.6 is 12.6 Å². The molecule has 0 aromatic rings. The summed E-state index contributed by atoms with van der Waals surface area (Å²) in [6.45, 7) is 3.85. The lowest BCUT2D eigenvalue weighted by Gasteiger charge is -2.31. The molecule has 0 spiro atoms. The minimum atomic E-state index is -0.454. The lowest BCUT2D eigenvalue weighted by molar-refractivity contribution is -0.124. The van der Waals surface area contributed by atoms with Crippen molar-refractivity contribution in [3.63, 3.8) is 0 Å². The zero-order valence-corrected chi connectivity index (χ0v) is 10.8. The molecule has 4 N–H and O–H groups in total. The smallest absolute Gasteiger partial charge is 0.237 e. The fraction of sp³-hybridized carbons (Fsp3) is 0.909. The second kappa shape index (κ2) is 5.89. The summed E-state index contributed by atoms with van der Waals surface area (Å²) in [5.41, 5.74) is 5.76. The standard InChI is InChI=1S/C11H22N2O2S/c1-6(2)10(12)11(15)13-7-3-4-8(14)9(16)5-7/h6-10,14,16H,3-5,12H2,1-2H3,(H,13,15)/t7-,8-,9-,10+/m0/s1. The number of carbonyl (C=O) groups excluding carboxylic acids is 1. The van der Waals surface area contributed by atoms with Gasteiger partial charge in [0.25, 0.3) is 0 Å². The molecule has 4 nitrogen and oxygen atoms in total. The van der Waals surface area contributed by atoms with Crippen molar-refractivity contribution >= 4 is 18.5 Å². The molecule has 0 radical (unpaired) electrons. The predicted octanol–water partition coefficient (Wildman–Crippen LogP) is 0.298. The Morgan fingerprint density at radius 2 is 2.12 bits per heavy atom. The number of nitrogens with one attached hydrogen (secondary N) is 1. The van der Waals surface area contributed by atoms with Crippen LogP contribution in [0.25, 0.3) is 0 Å². The minimum absolute atomic E-state index is 0.0469. The molecule has 1 amide bonds. The molecule has 0 heterocycles. The Bertz CT molecular complexity index is 248. The lowest BCUT2D eigenvalue weighted by Crippen LogP contribution is -2.50. The van der Waals surface area contributed by atoms with E-state index in [0.717, 1.165) is 6.42 Å². The van der Waals surface area contributed by atoms with Crippen LogP contribution in [0.5, 0.6) is 0 Å². The topological polar surface area (TPSA) is 75.4 Å². The van der Waals surface area contributed by atoms with Crippen LogP contribution in [0.15, 0.2) is 0 Å². The highest BCUT2D eigenvalue weighted by Gasteiger charge is 2.29. The van der Waals surface area contributed by atoms with Gasteiger partial charge in [0, 0.05) is 11.3 Å². The first-order valence-corrected chi connectivity index (χ1v) is 6.35. The summed E-state index contributed by atoms with van der Waals surface area (Å²) < 4.78 is 0. The van der Waals surface area contributed by atoms with Crippen LogP contribution in [-0.2, 0) is 4.79 Å². The molecule has 1 aliphatic carbocycles. The van der Waals surface area contributed by atoms with Gasteiger partial charge in [-0.3, -0.25) is 4.79 Å². The molecule has 0 aromatic heterocycles. The van der Waals surface area contributed by atoms with E-state index in [1.54, 1.807) is 0 Å². The van der Waals surface area contributed by atoms with Gasteiger partial charge in [0.2, 0.25) is 5.91 Å². The van der Waals surface area contributed by atoms with E-state index >= 15 is 0 Å². The van der Waals surface area contributed by atoms with Gasteiger partial charge in [-0.2, -0.15) is 12.6 Å². The third-order valence-corrected chi connectivity index (χ3v) is 3.70. The second-order valence-corrected chi connectivity index (χ2v) is 5.59. The molecule has 1 rings (SSSR count). The van der Waals surface area contributed by atoms with Gasteiger partial charge >= 0.3 is 0 Å². The van der Waals surface area contributed by atoms with Gasteiger partial charge in [-0.15, -0.1) is 0 Å². The molecular formula is C11H22N2O2S. The van der Waals surface area contributed by atoms with Crippen molar-refractivity contribution < 1.29 is 9.90 Å². The molecule has 4 atom stereocenters. The summed E-state index contributed by atoms with van der Waals surface area (Å²) in [6.07, 6.45) is 1.85. The highest BCUT2D eigenvalue weighted by Crippen LogP contribution is 2.23. The van der Waals surface area contributed by atoms with Crippen LogP contribution in [0, 0.1) is 5.92 Å². The highest BCUT2D eigenvalue weighted by molar-refractivity contribution is 7.81. The zero-order chi connectivity index (χ0) is 12.3. The summed E-state index contributed by atoms with van der Waals surface area (Å²) in [7, 11) is 0. The van der Waals surface area contributed by atoms with Crippen molar-refractivity contribution in [2.45, 2.75) is 56.5 Å². The molecule has 94 valence electrons. The van der Waals surface area contributed by atoms with E-state index in [2.05, 4.69) is 17.9 Å². The predicted molar refractivity (Wildman–Crippen MR) is 67.4 cm³/mol. The molecule has 0 aromatic carbocycles. The number of nitrogens with two attached hydrogens (primary N) is 1. The van der Waals surface area contributed by atoms with Crippen LogP contribution in [0.4, 0.5) is 0 Å². The number of amides is 1. The van der Waals surface area contributed by atoms with Crippen molar-refractivity contribution in [1.29, 1.82) is 0 Å². The highest BCUT2D eigenvalue weighted by atomic mass is 32.1. The van der Waals surface area contributed by atoms with Crippen molar-refractivity contribution in [2.24, 2.45) is 11.7 Å². The first-order valence-electron chi connectivity index (χ1n) is 5.84. The largest absolute Gasteiger partial charge is 0.392 e.